The Kier molecular flexibility index (Phi) is 6.44. The number of rotatable bonds is 6. The zero-order valence-corrected chi connectivity index (χ0v) is 12.8. The fraction of sp³-hybridized carbons (Fsp3) is 0.571. The minimum Gasteiger partial charge on any atom is -0.324 e. The first-order valence-corrected chi connectivity index (χ1v) is 7.12. The van der Waals surface area contributed by atoms with Gasteiger partial charge in [-0.05, 0) is 45.0 Å². The van der Waals surface area contributed by atoms with Crippen LogP contribution < -0.4 is 5.73 Å². The average Bonchev–Trinajstić information content (AvgIpc) is 2.37. The van der Waals surface area contributed by atoms with Crippen molar-refractivity contribution in [2.24, 2.45) is 5.73 Å². The molecule has 2 nitrogen and oxygen atoms in total. The molecule has 0 heterocycles. The fourth-order valence-corrected chi connectivity index (χ4v) is 2.29. The van der Waals surface area contributed by atoms with E-state index in [2.05, 4.69) is 25.8 Å². The van der Waals surface area contributed by atoms with E-state index in [9.17, 15) is 0 Å². The predicted octanol–water partition coefficient (Wildman–Crippen LogP) is 4.11. The molecular weight excluding hydrogens is 267 g/mol. The van der Waals surface area contributed by atoms with Crippen molar-refractivity contribution in [3.63, 3.8) is 0 Å². The first-order chi connectivity index (χ1) is 8.47. The Balaban J connectivity index is 2.60. The number of benzene rings is 1. The van der Waals surface area contributed by atoms with Crippen LogP contribution in [0.1, 0.15) is 38.3 Å². The molecule has 18 heavy (non-hydrogen) atoms. The second kappa shape index (κ2) is 7.34. The summed E-state index contributed by atoms with van der Waals surface area (Å²) in [6, 6.07) is 6.13. The van der Waals surface area contributed by atoms with Crippen molar-refractivity contribution >= 4 is 23.2 Å². The van der Waals surface area contributed by atoms with Crippen molar-refractivity contribution in [3.05, 3.63) is 33.8 Å². The van der Waals surface area contributed by atoms with Crippen LogP contribution in [0.2, 0.25) is 10.0 Å². The molecule has 2 N–H and O–H groups in total. The Morgan fingerprint density at radius 1 is 1.33 bits per heavy atom. The van der Waals surface area contributed by atoms with Gasteiger partial charge in [0, 0.05) is 12.1 Å². The van der Waals surface area contributed by atoms with Gasteiger partial charge in [-0.25, -0.2) is 0 Å². The van der Waals surface area contributed by atoms with E-state index in [-0.39, 0.29) is 6.04 Å². The highest BCUT2D eigenvalue weighted by atomic mass is 35.5. The topological polar surface area (TPSA) is 29.3 Å². The van der Waals surface area contributed by atoms with Gasteiger partial charge in [0.25, 0.3) is 0 Å². The number of nitrogens with zero attached hydrogens (tertiary/aromatic N) is 1. The standard InChI is InChI=1S/C14H22Cl2N2/c1-4-10(2)18(3)9-8-13(17)11-6-5-7-12(15)14(11)16/h5-7,10,13H,4,8-9,17H2,1-3H3. The first kappa shape index (κ1) is 15.8. The molecule has 0 aliphatic rings. The zero-order valence-electron chi connectivity index (χ0n) is 11.3. The number of hydrogen-bond donors (Lipinski definition) is 1. The SMILES string of the molecule is CCC(C)N(C)CCC(N)c1cccc(Cl)c1Cl. The Labute approximate surface area is 120 Å². The third-order valence-corrected chi connectivity index (χ3v) is 4.35. The lowest BCUT2D eigenvalue weighted by Crippen LogP contribution is -2.31. The molecule has 1 aromatic carbocycles. The molecule has 0 bridgehead atoms. The van der Waals surface area contributed by atoms with Gasteiger partial charge in [-0.3, -0.25) is 0 Å². The molecule has 1 aromatic rings. The van der Waals surface area contributed by atoms with Crippen molar-refractivity contribution in [1.29, 1.82) is 0 Å². The summed E-state index contributed by atoms with van der Waals surface area (Å²) in [6.45, 7) is 5.37. The van der Waals surface area contributed by atoms with E-state index in [4.69, 9.17) is 28.9 Å². The molecule has 0 amide bonds. The van der Waals surface area contributed by atoms with Crippen LogP contribution in [-0.2, 0) is 0 Å². The summed E-state index contributed by atoms with van der Waals surface area (Å²) in [6.07, 6.45) is 2.02. The number of halogens is 2. The van der Waals surface area contributed by atoms with Gasteiger partial charge >= 0.3 is 0 Å². The van der Waals surface area contributed by atoms with Crippen LogP contribution in [0.4, 0.5) is 0 Å². The predicted molar refractivity (Wildman–Crippen MR) is 80.4 cm³/mol. The highest BCUT2D eigenvalue weighted by Crippen LogP contribution is 2.30. The summed E-state index contributed by atoms with van der Waals surface area (Å²) < 4.78 is 0. The Morgan fingerprint density at radius 3 is 2.61 bits per heavy atom. The summed E-state index contributed by atoms with van der Waals surface area (Å²) in [5, 5.41) is 1.15. The average molecular weight is 289 g/mol. The maximum absolute atomic E-state index is 6.18. The summed E-state index contributed by atoms with van der Waals surface area (Å²) in [7, 11) is 2.13. The minimum absolute atomic E-state index is 0.0669. The van der Waals surface area contributed by atoms with Crippen LogP contribution in [0.3, 0.4) is 0 Å². The molecule has 0 fully saturated rings. The maximum Gasteiger partial charge on any atom is 0.0640 e. The monoisotopic (exact) mass is 288 g/mol. The van der Waals surface area contributed by atoms with Crippen molar-refractivity contribution in [2.45, 2.75) is 38.8 Å². The number of nitrogens with two attached hydrogens (primary N) is 1. The third-order valence-electron chi connectivity index (χ3n) is 3.52. The van der Waals surface area contributed by atoms with E-state index < -0.39 is 0 Å². The minimum atomic E-state index is -0.0669. The Hall–Kier alpha value is -0.280. The summed E-state index contributed by atoms with van der Waals surface area (Å²) >= 11 is 12.2. The molecule has 1 rings (SSSR count). The third kappa shape index (κ3) is 4.13. The summed E-state index contributed by atoms with van der Waals surface area (Å²) in [4.78, 5) is 2.32. The van der Waals surface area contributed by atoms with Crippen LogP contribution in [0, 0.1) is 0 Å². The van der Waals surface area contributed by atoms with Crippen molar-refractivity contribution in [2.75, 3.05) is 13.6 Å². The van der Waals surface area contributed by atoms with E-state index in [1.165, 1.54) is 0 Å². The van der Waals surface area contributed by atoms with Gasteiger partial charge in [0.2, 0.25) is 0 Å². The van der Waals surface area contributed by atoms with E-state index in [0.29, 0.717) is 16.1 Å². The molecular formula is C14H22Cl2N2. The molecule has 2 unspecified atom stereocenters. The van der Waals surface area contributed by atoms with Gasteiger partial charge in [-0.1, -0.05) is 42.3 Å². The molecule has 0 saturated carbocycles. The summed E-state index contributed by atoms with van der Waals surface area (Å²) in [5.41, 5.74) is 7.12. The van der Waals surface area contributed by atoms with Gasteiger partial charge in [-0.2, -0.15) is 0 Å². The highest BCUT2D eigenvalue weighted by Gasteiger charge is 2.14. The highest BCUT2D eigenvalue weighted by molar-refractivity contribution is 6.42. The molecule has 0 spiro atoms. The van der Waals surface area contributed by atoms with Crippen molar-refractivity contribution < 1.29 is 0 Å². The van der Waals surface area contributed by atoms with Gasteiger partial charge in [0.05, 0.1) is 10.0 Å². The molecule has 2 atom stereocenters. The van der Waals surface area contributed by atoms with Gasteiger partial charge in [-0.15, -0.1) is 0 Å². The first-order valence-electron chi connectivity index (χ1n) is 6.37. The molecule has 0 aliphatic carbocycles. The molecule has 0 aromatic heterocycles. The van der Waals surface area contributed by atoms with Crippen LogP contribution >= 0.6 is 23.2 Å². The zero-order chi connectivity index (χ0) is 13.7. The van der Waals surface area contributed by atoms with E-state index in [1.807, 2.05) is 12.1 Å². The lowest BCUT2D eigenvalue weighted by atomic mass is 10.0. The van der Waals surface area contributed by atoms with E-state index in [0.717, 1.165) is 24.9 Å². The normalized spacial score (nSPS) is 14.8. The van der Waals surface area contributed by atoms with Gasteiger partial charge in [0.15, 0.2) is 0 Å². The molecule has 0 radical (unpaired) electrons. The van der Waals surface area contributed by atoms with Crippen molar-refractivity contribution in [3.8, 4) is 0 Å². The number of hydrogen-bond acceptors (Lipinski definition) is 2. The quantitative estimate of drug-likeness (QED) is 0.853. The lowest BCUT2D eigenvalue weighted by Gasteiger charge is -2.25. The smallest absolute Gasteiger partial charge is 0.0640 e. The van der Waals surface area contributed by atoms with Crippen LogP contribution in [-0.4, -0.2) is 24.5 Å². The molecule has 0 aliphatic heterocycles. The second-order valence-electron chi connectivity index (χ2n) is 4.78. The van der Waals surface area contributed by atoms with Crippen LogP contribution in [0.15, 0.2) is 18.2 Å². The van der Waals surface area contributed by atoms with Gasteiger partial charge in [0.1, 0.15) is 0 Å². The van der Waals surface area contributed by atoms with Gasteiger partial charge < -0.3 is 10.6 Å². The maximum atomic E-state index is 6.18. The Morgan fingerprint density at radius 2 is 2.00 bits per heavy atom. The molecule has 4 heteroatoms. The van der Waals surface area contributed by atoms with Crippen molar-refractivity contribution in [1.82, 2.24) is 4.90 Å². The lowest BCUT2D eigenvalue weighted by molar-refractivity contribution is 0.243. The fourth-order valence-electron chi connectivity index (χ4n) is 1.84. The summed E-state index contributed by atoms with van der Waals surface area (Å²) in [5.74, 6) is 0. The second-order valence-corrected chi connectivity index (χ2v) is 5.56. The largest absolute Gasteiger partial charge is 0.324 e. The van der Waals surface area contributed by atoms with Crippen LogP contribution in [0.25, 0.3) is 0 Å². The van der Waals surface area contributed by atoms with E-state index >= 15 is 0 Å². The Bertz CT molecular complexity index is 382. The van der Waals surface area contributed by atoms with E-state index in [1.54, 1.807) is 6.07 Å². The molecule has 0 saturated heterocycles. The van der Waals surface area contributed by atoms with Crippen LogP contribution in [0.5, 0.6) is 0 Å². The molecule has 102 valence electrons.